The molecule has 4 aromatic rings. The van der Waals surface area contributed by atoms with Crippen molar-refractivity contribution in [1.82, 2.24) is 35.3 Å². The summed E-state index contributed by atoms with van der Waals surface area (Å²) in [4.78, 5) is 56.0. The van der Waals surface area contributed by atoms with Crippen LogP contribution in [-0.2, 0) is 35.5 Å². The van der Waals surface area contributed by atoms with Crippen LogP contribution >= 0.6 is 22.7 Å². The molecule has 0 bridgehead atoms. The lowest BCUT2D eigenvalue weighted by molar-refractivity contribution is -0.128. The molecule has 13 heteroatoms. The number of aromatic nitrogens is 2. The summed E-state index contributed by atoms with van der Waals surface area (Å²) in [5.41, 5.74) is 4.75. The predicted octanol–water partition coefficient (Wildman–Crippen LogP) is 5.94. The predicted molar refractivity (Wildman–Crippen MR) is 202 cm³/mol. The largest absolute Gasteiger partial charge is 0.444 e. The maximum Gasteiger partial charge on any atom is 0.407 e. The molecule has 2 N–H and O–H groups in total. The summed E-state index contributed by atoms with van der Waals surface area (Å²) >= 11 is 3.04. The van der Waals surface area contributed by atoms with Crippen LogP contribution in [0.1, 0.15) is 59.3 Å². The van der Waals surface area contributed by atoms with E-state index in [1.807, 2.05) is 61.0 Å². The van der Waals surface area contributed by atoms with Gasteiger partial charge in [-0.15, -0.1) is 22.7 Å². The number of rotatable bonds is 15. The average molecular weight is 732 g/mol. The van der Waals surface area contributed by atoms with Gasteiger partial charge in [-0.3, -0.25) is 9.78 Å². The molecule has 0 unspecified atom stereocenters. The number of piperazine rings is 1. The Morgan fingerprint density at radius 3 is 2.18 bits per heavy atom. The van der Waals surface area contributed by atoms with Crippen LogP contribution in [0.15, 0.2) is 77.8 Å². The van der Waals surface area contributed by atoms with Crippen molar-refractivity contribution in [2.45, 2.75) is 76.7 Å². The maximum atomic E-state index is 14.2. The quantitative estimate of drug-likeness (QED) is 0.156. The zero-order valence-electron chi connectivity index (χ0n) is 29.9. The third-order valence-electron chi connectivity index (χ3n) is 8.93. The van der Waals surface area contributed by atoms with Gasteiger partial charge in [-0.05, 0) is 43.9 Å². The molecule has 272 valence electrons. The summed E-state index contributed by atoms with van der Waals surface area (Å²) in [5, 5.41) is 9.44. The summed E-state index contributed by atoms with van der Waals surface area (Å²) in [7, 11) is 3.74. The molecule has 4 amide bonds. The van der Waals surface area contributed by atoms with Crippen molar-refractivity contribution in [3.05, 3.63) is 104 Å². The zero-order chi connectivity index (χ0) is 36.2. The number of thiazole rings is 2. The minimum absolute atomic E-state index is 0.157. The minimum Gasteiger partial charge on any atom is -0.444 e. The Bertz CT molecular complexity index is 1670. The molecule has 0 saturated carbocycles. The van der Waals surface area contributed by atoms with E-state index in [2.05, 4.69) is 46.5 Å². The van der Waals surface area contributed by atoms with E-state index in [1.165, 1.54) is 11.3 Å². The topological polar surface area (TPSA) is 120 Å². The lowest BCUT2D eigenvalue weighted by atomic mass is 9.95. The van der Waals surface area contributed by atoms with Crippen LogP contribution in [0.4, 0.5) is 9.59 Å². The first-order chi connectivity index (χ1) is 24.6. The Balaban J connectivity index is 1.28. The molecule has 3 heterocycles. The zero-order valence-corrected chi connectivity index (χ0v) is 31.5. The van der Waals surface area contributed by atoms with Crippen LogP contribution in [0.5, 0.6) is 0 Å². The second-order valence-electron chi connectivity index (χ2n) is 13.5. The Labute approximate surface area is 309 Å². The van der Waals surface area contributed by atoms with Gasteiger partial charge in [-0.25, -0.2) is 14.6 Å². The molecule has 2 aromatic carbocycles. The number of carbonyl (C=O) groups is 3. The molecule has 3 atom stereocenters. The lowest BCUT2D eigenvalue weighted by Gasteiger charge is -2.41. The molecule has 5 rings (SSSR count). The first-order valence-corrected chi connectivity index (χ1v) is 19.2. The molecular formula is C38H49N7O4S2. The lowest BCUT2D eigenvalue weighted by Crippen LogP contribution is -2.62. The summed E-state index contributed by atoms with van der Waals surface area (Å²) < 4.78 is 5.51. The van der Waals surface area contributed by atoms with Gasteiger partial charge in [0.15, 0.2) is 0 Å². The fourth-order valence-electron chi connectivity index (χ4n) is 6.17. The fraction of sp³-hybridized carbons (Fsp3) is 0.447. The molecular weight excluding hydrogens is 683 g/mol. The van der Waals surface area contributed by atoms with Crippen LogP contribution in [-0.4, -0.2) is 94.6 Å². The summed E-state index contributed by atoms with van der Waals surface area (Å²) in [6.07, 6.45) is 3.63. The molecule has 11 nitrogen and oxygen atoms in total. The number of nitrogens with one attached hydrogen (secondary N) is 2. The monoisotopic (exact) mass is 731 g/mol. The number of urea groups is 1. The van der Waals surface area contributed by atoms with Crippen LogP contribution in [0.2, 0.25) is 0 Å². The smallest absolute Gasteiger partial charge is 0.407 e. The van der Waals surface area contributed by atoms with Gasteiger partial charge >= 0.3 is 12.1 Å². The summed E-state index contributed by atoms with van der Waals surface area (Å²) in [6.45, 7) is 6.30. The maximum absolute atomic E-state index is 14.2. The molecule has 0 aliphatic carbocycles. The van der Waals surface area contributed by atoms with E-state index >= 15 is 0 Å². The van der Waals surface area contributed by atoms with Crippen molar-refractivity contribution in [2.75, 3.05) is 33.7 Å². The third-order valence-corrected chi connectivity index (χ3v) is 10.9. The highest BCUT2D eigenvalue weighted by atomic mass is 32.1. The second kappa shape index (κ2) is 18.8. The number of ether oxygens (including phenoxy) is 1. The van der Waals surface area contributed by atoms with E-state index in [0.29, 0.717) is 57.8 Å². The Morgan fingerprint density at radius 1 is 0.941 bits per heavy atom. The summed E-state index contributed by atoms with van der Waals surface area (Å²) in [6, 6.07) is 18.8. The number of nitrogens with zero attached hydrogens (tertiary/aromatic N) is 5. The highest BCUT2D eigenvalue weighted by Gasteiger charge is 2.36. The van der Waals surface area contributed by atoms with E-state index in [4.69, 9.17) is 9.72 Å². The van der Waals surface area contributed by atoms with E-state index < -0.39 is 12.1 Å². The minimum atomic E-state index is -0.654. The van der Waals surface area contributed by atoms with Crippen molar-refractivity contribution in [3.63, 3.8) is 0 Å². The van der Waals surface area contributed by atoms with E-state index in [9.17, 15) is 14.4 Å². The van der Waals surface area contributed by atoms with Crippen molar-refractivity contribution >= 4 is 40.7 Å². The number of hydrogen-bond acceptors (Lipinski definition) is 9. The molecule has 1 aliphatic rings. The van der Waals surface area contributed by atoms with Crippen LogP contribution in [0.25, 0.3) is 0 Å². The highest BCUT2D eigenvalue weighted by molar-refractivity contribution is 7.09. The van der Waals surface area contributed by atoms with Gasteiger partial charge in [-0.1, -0.05) is 74.5 Å². The number of amides is 4. The fourth-order valence-corrected chi connectivity index (χ4v) is 7.50. The Hall–Kier alpha value is -4.33. The third kappa shape index (κ3) is 11.6. The molecule has 0 radical (unpaired) electrons. The van der Waals surface area contributed by atoms with Gasteiger partial charge in [0, 0.05) is 56.3 Å². The van der Waals surface area contributed by atoms with Gasteiger partial charge in [0.25, 0.3) is 0 Å². The highest BCUT2D eigenvalue weighted by Crippen LogP contribution is 2.21. The van der Waals surface area contributed by atoms with E-state index in [1.54, 1.807) is 39.9 Å². The number of alkyl carbamates (subject to hydrolysis) is 1. The normalized spacial score (nSPS) is 16.0. The first-order valence-electron chi connectivity index (χ1n) is 17.5. The molecule has 0 spiro atoms. The molecule has 51 heavy (non-hydrogen) atoms. The summed E-state index contributed by atoms with van der Waals surface area (Å²) in [5.74, 6) is 0.142. The van der Waals surface area contributed by atoms with Gasteiger partial charge in [0.05, 0.1) is 27.6 Å². The number of hydrogen-bond donors (Lipinski definition) is 2. The number of carbonyl (C=O) groups excluding carboxylic acids is 3. The van der Waals surface area contributed by atoms with E-state index in [0.717, 1.165) is 26.7 Å². The molecule has 1 aliphatic heterocycles. The Kier molecular flexibility index (Phi) is 14.0. The van der Waals surface area contributed by atoms with Crippen LogP contribution < -0.4 is 10.6 Å². The number of likely N-dealkylation sites (N-methyl/N-ethyl adjacent to an activating group) is 1. The van der Waals surface area contributed by atoms with Gasteiger partial charge < -0.3 is 30.1 Å². The van der Waals surface area contributed by atoms with Crippen molar-refractivity contribution < 1.29 is 19.1 Å². The molecule has 1 saturated heterocycles. The van der Waals surface area contributed by atoms with Crippen molar-refractivity contribution in [3.8, 4) is 0 Å². The Morgan fingerprint density at radius 2 is 1.59 bits per heavy atom. The SMILES string of the molecule is CC(C)c1nc(CN(C)C(=O)N2CCN(C)C[C@H]2C(=O)N[C@@H](CC[C@H](Cc2ccccc2)NC(=O)OCc2cncs2)Cc2ccccc2)cs1. The average Bonchev–Trinajstić information content (AvgIpc) is 3.83. The van der Waals surface area contributed by atoms with Gasteiger partial charge in [0.1, 0.15) is 12.6 Å². The van der Waals surface area contributed by atoms with Crippen molar-refractivity contribution in [2.24, 2.45) is 0 Å². The van der Waals surface area contributed by atoms with Crippen LogP contribution in [0, 0.1) is 0 Å². The van der Waals surface area contributed by atoms with Crippen molar-refractivity contribution in [1.29, 1.82) is 0 Å². The van der Waals surface area contributed by atoms with Crippen LogP contribution in [0.3, 0.4) is 0 Å². The van der Waals surface area contributed by atoms with Gasteiger partial charge in [0.2, 0.25) is 5.91 Å². The molecule has 1 fully saturated rings. The first kappa shape index (κ1) is 37.9. The number of benzene rings is 2. The standard InChI is InChI=1S/C38H49N7O4S2/c1-27(2)36-41-32(25-50-36)22-44(4)38(48)45-18-17-43(3)23-34(45)35(46)40-30(19-28-11-7-5-8-12-28)15-16-31(20-29-13-9-6-10-14-29)42-37(47)49-24-33-21-39-26-51-33/h5-14,21,25-27,30-31,34H,15-20,22-24H2,1-4H3,(H,40,46)(H,42,47)/t30-,31+,34-/m0/s1. The van der Waals surface area contributed by atoms with E-state index in [-0.39, 0.29) is 30.6 Å². The van der Waals surface area contributed by atoms with Gasteiger partial charge in [-0.2, -0.15) is 0 Å². The second-order valence-corrected chi connectivity index (χ2v) is 15.3. The molecule has 2 aromatic heterocycles.